The van der Waals surface area contributed by atoms with Gasteiger partial charge in [-0.2, -0.15) is 0 Å². The van der Waals surface area contributed by atoms with E-state index < -0.39 is 23.1 Å². The van der Waals surface area contributed by atoms with E-state index in [4.69, 9.17) is 36.9 Å². The van der Waals surface area contributed by atoms with Gasteiger partial charge in [-0.3, -0.25) is 43.3 Å². The molecule has 0 bridgehead atoms. The number of fused-ring (bicyclic) bond motifs is 3. The number of carbonyl (C=O) groups excluding carboxylic acids is 5. The van der Waals surface area contributed by atoms with Crippen molar-refractivity contribution in [2.24, 2.45) is 0 Å². The van der Waals surface area contributed by atoms with Crippen molar-refractivity contribution in [3.8, 4) is 0 Å². The van der Waals surface area contributed by atoms with Crippen molar-refractivity contribution in [2.45, 2.75) is 87.0 Å². The average Bonchev–Trinajstić information content (AvgIpc) is 1.74. The van der Waals surface area contributed by atoms with Crippen LogP contribution in [0, 0.1) is 21.6 Å². The number of ketones is 1. The van der Waals surface area contributed by atoms with E-state index in [9.17, 15) is 37.3 Å². The summed E-state index contributed by atoms with van der Waals surface area (Å²) in [5.41, 5.74) is 25.2. The van der Waals surface area contributed by atoms with Gasteiger partial charge in [0.1, 0.15) is 28.9 Å². The average molecular weight is 1730 g/mol. The number of hydrogen-bond acceptors (Lipinski definition) is 28. The second-order valence-electron chi connectivity index (χ2n) is 22.9. The molecule has 9 heterocycles. The monoisotopic (exact) mass is 1730 g/mol. The fourth-order valence-corrected chi connectivity index (χ4v) is 10.5. The summed E-state index contributed by atoms with van der Waals surface area (Å²) in [6.45, 7) is 19.2. The summed E-state index contributed by atoms with van der Waals surface area (Å²) in [6.07, 6.45) is 28.9. The summed E-state index contributed by atoms with van der Waals surface area (Å²) in [4.78, 5) is 114. The van der Waals surface area contributed by atoms with Crippen LogP contribution in [0.4, 0.5) is 43.0 Å². The molecule has 2 aliphatic heterocycles. The first-order chi connectivity index (χ1) is 53.7. The molecule has 8 N–H and O–H groups in total. The number of aryl methyl sites for hydroxylation is 5. The maximum atomic E-state index is 13.2. The van der Waals surface area contributed by atoms with E-state index in [1.54, 1.807) is 47.8 Å². The van der Waals surface area contributed by atoms with Gasteiger partial charge in [-0.05, 0) is 156 Å². The Bertz CT molecular complexity index is 4490. The van der Waals surface area contributed by atoms with E-state index in [2.05, 4.69) is 186 Å². The number of nitrogens with two attached hydrogens (primary N) is 2. The van der Waals surface area contributed by atoms with E-state index in [1.807, 2.05) is 85.6 Å². The molecule has 114 heavy (non-hydrogen) atoms. The van der Waals surface area contributed by atoms with Crippen LogP contribution in [-0.2, 0) is 75.3 Å². The van der Waals surface area contributed by atoms with Crippen LogP contribution >= 0.6 is 54.9 Å². The molecule has 41 heteroatoms. The SMILES string of the molecule is CC(=O)OOC(C)=O.CCC(=O)CBr.CCc1cn2ccncc2n1.CCc1nc2cnccn2c1C=O.CCc1nc2cnccn2c1CCc1ccc(N2CCN(c3ccc(F)cc3)CC2)cc1.Nc1ccc(N2CCN(c3ccc(F)cc3)CC2)cc1.Nc1cnccn1.O.O=O.O=P(Cl)(Cl)Cl.OOO.[B-]OC(C)=O.[Na+]. The van der Waals surface area contributed by atoms with E-state index in [-0.39, 0.29) is 52.5 Å². The number of nitrogens with zero attached hydrogens (tertiary/aromatic N) is 15. The number of aromatic nitrogens is 11. The standard InChI is InChI=1S/C26H28FN5.C16H18FN3.C9H9N3O.C8H9N3.C4H7BrO.C4H5N3.C4H6O4.C2H3BO2.Cl3OP.Na.H2O3.O2.H2O/c1-2-24-25(32-14-13-28-19-26(32)29-24)12-5-20-3-8-22(9-4-20)30-15-17-31(18-16-30)23-10-6-21(27)7-11-23;17-13-1-5-15(6-2-13)19-9-11-20(12-10-19)16-7-3-14(18)4-8-16;1-2-7-8(6-13)12-4-3-10-5-9(12)11-7;1-2-7-6-11-4-3-9-5-8(11)10-7;1-2-4(6)3-5;5-4-3-6-1-2-7-4;1-3(5)7-8-4(2)6;1-2(4)5-3;1-5(2,3)4;;1-3-2;1-2;/h3-4,6-11,13-14,19H,2,5,12,15-18H2,1H3;1-8H,9-12,18H2;3-6H,2H2,1H3;3-6H,2H2,1H3;2-3H2,1H3;1-3H,(H2,5,7);1-2H3;1H3;;;1-2H;;1H2/q;;;;;;;-1;;+1;;;. The van der Waals surface area contributed by atoms with Gasteiger partial charge in [0.15, 0.2) is 23.2 Å². The van der Waals surface area contributed by atoms with Crippen molar-refractivity contribution in [3.63, 3.8) is 0 Å². The first-order valence-electron chi connectivity index (χ1n) is 34.1. The number of imidazole rings is 3. The molecule has 2 aliphatic rings. The molecule has 0 spiro atoms. The minimum Gasteiger partial charge on any atom is -0.793 e. The Balaban J connectivity index is 0.000000688. The van der Waals surface area contributed by atoms with Gasteiger partial charge in [-0.1, -0.05) is 60.8 Å². The van der Waals surface area contributed by atoms with E-state index in [0.717, 1.165) is 156 Å². The predicted molar refractivity (Wildman–Crippen MR) is 437 cm³/mol. The van der Waals surface area contributed by atoms with E-state index >= 15 is 0 Å². The van der Waals surface area contributed by atoms with Crippen molar-refractivity contribution in [2.75, 3.05) is 88.8 Å². The molecule has 0 atom stereocenters. The maximum absolute atomic E-state index is 13.2. The summed E-state index contributed by atoms with van der Waals surface area (Å²) < 4.78 is 45.1. The zero-order chi connectivity index (χ0) is 83.0. The Labute approximate surface area is 703 Å². The van der Waals surface area contributed by atoms with Gasteiger partial charge >= 0.3 is 46.7 Å². The molecule has 0 unspecified atom stereocenters. The van der Waals surface area contributed by atoms with Crippen LogP contribution < -0.4 is 60.6 Å². The first kappa shape index (κ1) is 102. The third-order valence-electron chi connectivity index (χ3n) is 15.3. The van der Waals surface area contributed by atoms with Gasteiger partial charge in [0.25, 0.3) is 0 Å². The molecule has 2 fully saturated rings. The van der Waals surface area contributed by atoms with Crippen molar-refractivity contribution in [1.82, 2.24) is 53.1 Å². The minimum atomic E-state index is -3.22. The minimum absolute atomic E-state index is 0. The molecular formula is C73H89BBrCl3F2N17NaO15P. The van der Waals surface area contributed by atoms with Crippen molar-refractivity contribution in [3.05, 3.63) is 233 Å². The number of aldehydes is 1. The Morgan fingerprint density at radius 3 is 1.30 bits per heavy atom. The number of benzene rings is 4. The Morgan fingerprint density at radius 1 is 0.570 bits per heavy atom. The van der Waals surface area contributed by atoms with Crippen molar-refractivity contribution >= 4 is 144 Å². The molecule has 3 radical (unpaired) electrons. The number of rotatable bonds is 13. The van der Waals surface area contributed by atoms with Gasteiger partial charge in [0.05, 0.1) is 47.2 Å². The quantitative estimate of drug-likeness (QED) is 0.0159. The van der Waals surface area contributed by atoms with Gasteiger partial charge in [0.2, 0.25) is 5.97 Å². The van der Waals surface area contributed by atoms with Gasteiger partial charge in [-0.25, -0.2) is 58.6 Å². The fraction of sp³-hybridized carbons (Fsp3) is 0.301. The first-order valence-corrected chi connectivity index (χ1v) is 39.7. The number of halogens is 6. The van der Waals surface area contributed by atoms with Crippen LogP contribution in [0.15, 0.2) is 178 Å². The number of piperazine rings is 2. The topological polar surface area (TPSA) is 427 Å². The normalized spacial score (nSPS) is 11.5. The maximum Gasteiger partial charge on any atom is 1.00 e. The molecule has 607 valence electrons. The van der Waals surface area contributed by atoms with Gasteiger partial charge in [0, 0.05) is 179 Å². The second kappa shape index (κ2) is 57.4. The Kier molecular flexibility index (Phi) is 51.5. The molecule has 0 aliphatic carbocycles. The molecular weight excluding hydrogens is 1640 g/mol. The molecule has 0 amide bonds. The number of hydrogen-bond donors (Lipinski definition) is 4. The Hall–Kier alpha value is -9.69. The van der Waals surface area contributed by atoms with Crippen LogP contribution in [0.2, 0.25) is 0 Å². The zero-order valence-corrected chi connectivity index (χ0v) is 70.6. The largest absolute Gasteiger partial charge is 1.00 e. The zero-order valence-electron chi connectivity index (χ0n) is 63.9. The summed E-state index contributed by atoms with van der Waals surface area (Å²) >= 11 is 16.9. The van der Waals surface area contributed by atoms with Crippen molar-refractivity contribution < 1.29 is 102 Å². The molecule has 13 rings (SSSR count). The summed E-state index contributed by atoms with van der Waals surface area (Å²) in [7, 11) is 4.32. The van der Waals surface area contributed by atoms with Crippen molar-refractivity contribution in [1.29, 1.82) is 0 Å². The number of anilines is 6. The third kappa shape index (κ3) is 39.4. The summed E-state index contributed by atoms with van der Waals surface area (Å²) in [5, 5.41) is 12.8. The van der Waals surface area contributed by atoms with E-state index in [1.165, 1.54) is 60.0 Å². The number of alkyl halides is 1. The molecule has 32 nitrogen and oxygen atoms in total. The van der Waals surface area contributed by atoms with Crippen LogP contribution in [0.5, 0.6) is 0 Å². The smallest absolute Gasteiger partial charge is 0.793 e. The van der Waals surface area contributed by atoms with E-state index in [0.29, 0.717) is 23.3 Å². The summed E-state index contributed by atoms with van der Waals surface area (Å²) in [6, 6.07) is 30.5. The molecule has 11 aromatic rings. The van der Waals surface area contributed by atoms with Gasteiger partial charge in [-0.15, -0.1) is 0 Å². The molecule has 0 saturated carbocycles. The summed E-state index contributed by atoms with van der Waals surface area (Å²) in [5.74, 6) is -1.39. The number of carbonyl (C=O) groups is 5. The predicted octanol–water partition coefficient (Wildman–Crippen LogP) is 9.76. The molecule has 7 aromatic heterocycles. The number of nitrogen functional groups attached to an aromatic ring is 2. The van der Waals surface area contributed by atoms with Crippen LogP contribution in [0.1, 0.15) is 93.7 Å². The molecule has 2 saturated heterocycles. The second-order valence-corrected chi connectivity index (χ2v) is 30.1. The number of Topliss-reactive ketones (excluding diaryl/α,β-unsaturated/α-hetero) is 1. The van der Waals surface area contributed by atoms with Crippen LogP contribution in [-0.4, -0.2) is 165 Å². The molecule has 4 aromatic carbocycles. The van der Waals surface area contributed by atoms with Crippen LogP contribution in [0.3, 0.4) is 0 Å². The fourth-order valence-electron chi connectivity index (χ4n) is 10.1. The van der Waals surface area contributed by atoms with Gasteiger partial charge < -0.3 is 58.0 Å². The van der Waals surface area contributed by atoms with Crippen LogP contribution in [0.25, 0.3) is 16.9 Å². The Morgan fingerprint density at radius 2 is 0.956 bits per heavy atom. The third-order valence-corrected chi connectivity index (χ3v) is 16.0.